The van der Waals surface area contributed by atoms with Gasteiger partial charge in [0, 0.05) is 43.5 Å². The fourth-order valence-electron chi connectivity index (χ4n) is 4.54. The average molecular weight is 481 g/mol. The Morgan fingerprint density at radius 3 is 2.40 bits per heavy atom. The van der Waals surface area contributed by atoms with Gasteiger partial charge < -0.3 is 23.6 Å². The van der Waals surface area contributed by atoms with Crippen LogP contribution in [0.3, 0.4) is 0 Å². The number of aromatic nitrogens is 1. The first-order chi connectivity index (χ1) is 17.1. The van der Waals surface area contributed by atoms with Crippen molar-refractivity contribution in [2.45, 2.75) is 13.0 Å². The Bertz CT molecular complexity index is 1060. The molecule has 0 spiro atoms. The summed E-state index contributed by atoms with van der Waals surface area (Å²) in [5.74, 6) is 3.07. The third-order valence-corrected chi connectivity index (χ3v) is 6.49. The highest BCUT2D eigenvalue weighted by molar-refractivity contribution is 5.71. The summed E-state index contributed by atoms with van der Waals surface area (Å²) in [5.41, 5.74) is 2.88. The number of hydrogen-bond acceptors (Lipinski definition) is 8. The summed E-state index contributed by atoms with van der Waals surface area (Å²) in [6.45, 7) is 7.09. The topological polar surface area (TPSA) is 63.4 Å². The van der Waals surface area contributed by atoms with E-state index in [9.17, 15) is 0 Å². The zero-order valence-corrected chi connectivity index (χ0v) is 21.2. The minimum Gasteiger partial charge on any atom is -0.497 e. The predicted molar refractivity (Wildman–Crippen MR) is 138 cm³/mol. The van der Waals surface area contributed by atoms with Crippen LogP contribution in [0.5, 0.6) is 17.2 Å². The molecule has 2 heterocycles. The third-order valence-electron chi connectivity index (χ3n) is 6.49. The van der Waals surface area contributed by atoms with Crippen LogP contribution in [-0.2, 0) is 6.54 Å². The molecule has 188 valence electrons. The van der Waals surface area contributed by atoms with Gasteiger partial charge in [-0.2, -0.15) is 0 Å². The minimum absolute atomic E-state index is 0.662. The van der Waals surface area contributed by atoms with E-state index in [4.69, 9.17) is 18.7 Å². The molecule has 1 saturated heterocycles. The molecule has 0 atom stereocenters. The van der Waals surface area contributed by atoms with Gasteiger partial charge >= 0.3 is 0 Å². The van der Waals surface area contributed by atoms with E-state index in [0.29, 0.717) is 18.0 Å². The van der Waals surface area contributed by atoms with Crippen molar-refractivity contribution in [2.75, 3.05) is 72.5 Å². The number of para-hydroxylation sites is 1. The van der Waals surface area contributed by atoms with Gasteiger partial charge in [-0.15, -0.1) is 0 Å². The molecule has 0 saturated carbocycles. The van der Waals surface area contributed by atoms with E-state index in [1.54, 1.807) is 21.3 Å². The Hall–Kier alpha value is -3.23. The quantitative estimate of drug-likeness (QED) is 0.408. The van der Waals surface area contributed by atoms with Crippen LogP contribution in [0, 0.1) is 0 Å². The lowest BCUT2D eigenvalue weighted by Crippen LogP contribution is -2.47. The lowest BCUT2D eigenvalue weighted by Gasteiger charge is -2.36. The van der Waals surface area contributed by atoms with Crippen molar-refractivity contribution in [1.82, 2.24) is 15.0 Å². The molecular formula is C27H36N4O4. The number of benzene rings is 2. The van der Waals surface area contributed by atoms with Crippen molar-refractivity contribution in [1.29, 1.82) is 0 Å². The van der Waals surface area contributed by atoms with Crippen LogP contribution in [0.2, 0.25) is 0 Å². The summed E-state index contributed by atoms with van der Waals surface area (Å²) in [7, 11) is 7.09. The van der Waals surface area contributed by atoms with Crippen molar-refractivity contribution >= 4 is 5.69 Å². The molecule has 0 bridgehead atoms. The van der Waals surface area contributed by atoms with E-state index in [2.05, 4.69) is 39.0 Å². The number of anilines is 1. The predicted octanol–water partition coefficient (Wildman–Crippen LogP) is 4.01. The van der Waals surface area contributed by atoms with Crippen molar-refractivity contribution in [3.05, 3.63) is 54.3 Å². The van der Waals surface area contributed by atoms with Gasteiger partial charge in [-0.25, -0.2) is 0 Å². The highest BCUT2D eigenvalue weighted by atomic mass is 16.5. The average Bonchev–Trinajstić information content (AvgIpc) is 3.36. The van der Waals surface area contributed by atoms with E-state index in [1.165, 1.54) is 5.69 Å². The van der Waals surface area contributed by atoms with Crippen molar-refractivity contribution in [3.8, 4) is 28.5 Å². The summed E-state index contributed by atoms with van der Waals surface area (Å²) >= 11 is 0. The summed E-state index contributed by atoms with van der Waals surface area (Å²) in [5, 5.41) is 4.26. The van der Waals surface area contributed by atoms with Crippen LogP contribution < -0.4 is 19.1 Å². The number of piperazine rings is 1. The molecule has 1 aromatic heterocycles. The maximum absolute atomic E-state index is 5.62. The second kappa shape index (κ2) is 12.0. The Labute approximate surface area is 208 Å². The number of nitrogens with zero attached hydrogens (tertiary/aromatic N) is 4. The molecule has 1 aliphatic rings. The molecule has 3 aromatic rings. The van der Waals surface area contributed by atoms with E-state index in [0.717, 1.165) is 68.5 Å². The van der Waals surface area contributed by atoms with Crippen LogP contribution in [0.25, 0.3) is 11.3 Å². The molecule has 0 unspecified atom stereocenters. The molecule has 0 amide bonds. The molecule has 1 aliphatic heterocycles. The van der Waals surface area contributed by atoms with E-state index in [1.807, 2.05) is 36.4 Å². The first-order valence-electron chi connectivity index (χ1n) is 12.1. The van der Waals surface area contributed by atoms with Gasteiger partial charge in [0.25, 0.3) is 0 Å². The van der Waals surface area contributed by atoms with E-state index in [-0.39, 0.29) is 0 Å². The van der Waals surface area contributed by atoms with Crippen molar-refractivity contribution in [3.63, 3.8) is 0 Å². The molecule has 8 nitrogen and oxygen atoms in total. The first-order valence-corrected chi connectivity index (χ1v) is 12.1. The largest absolute Gasteiger partial charge is 0.497 e. The highest BCUT2D eigenvalue weighted by Crippen LogP contribution is 2.37. The molecule has 35 heavy (non-hydrogen) atoms. The number of ether oxygens (including phenoxy) is 3. The Morgan fingerprint density at radius 1 is 0.943 bits per heavy atom. The standard InChI is InChI=1S/C27H36N4O4/c1-29(20-23-19-25(28-35-23)24-7-5-8-26(33-3)27(24)34-4)13-6-14-30-15-17-31(18-16-30)21-9-11-22(32-2)12-10-21/h5,7-12,19H,6,13-18,20H2,1-4H3. The highest BCUT2D eigenvalue weighted by Gasteiger charge is 2.18. The zero-order chi connectivity index (χ0) is 24.6. The monoisotopic (exact) mass is 480 g/mol. The smallest absolute Gasteiger partial charge is 0.170 e. The Kier molecular flexibility index (Phi) is 8.50. The summed E-state index contributed by atoms with van der Waals surface area (Å²) < 4.78 is 21.8. The lowest BCUT2D eigenvalue weighted by molar-refractivity contribution is 0.223. The molecule has 0 aliphatic carbocycles. The summed E-state index contributed by atoms with van der Waals surface area (Å²) in [4.78, 5) is 7.27. The summed E-state index contributed by atoms with van der Waals surface area (Å²) in [6, 6.07) is 16.1. The van der Waals surface area contributed by atoms with Crippen LogP contribution in [0.15, 0.2) is 53.1 Å². The fraction of sp³-hybridized carbons (Fsp3) is 0.444. The van der Waals surface area contributed by atoms with Gasteiger partial charge in [-0.05, 0) is 63.0 Å². The van der Waals surface area contributed by atoms with Gasteiger partial charge in [0.1, 0.15) is 11.4 Å². The van der Waals surface area contributed by atoms with Crippen LogP contribution >= 0.6 is 0 Å². The second-order valence-electron chi connectivity index (χ2n) is 8.84. The molecule has 0 N–H and O–H groups in total. The molecule has 8 heteroatoms. The van der Waals surface area contributed by atoms with Gasteiger partial charge in [0.2, 0.25) is 0 Å². The zero-order valence-electron chi connectivity index (χ0n) is 21.2. The van der Waals surface area contributed by atoms with Crippen LogP contribution in [0.4, 0.5) is 5.69 Å². The first kappa shape index (κ1) is 24.9. The van der Waals surface area contributed by atoms with Crippen molar-refractivity contribution < 1.29 is 18.7 Å². The molecule has 2 aromatic carbocycles. The van der Waals surface area contributed by atoms with Gasteiger partial charge in [-0.3, -0.25) is 9.80 Å². The third kappa shape index (κ3) is 6.26. The number of methoxy groups -OCH3 is 3. The van der Waals surface area contributed by atoms with Crippen molar-refractivity contribution in [2.24, 2.45) is 0 Å². The SMILES string of the molecule is COc1ccc(N2CCN(CCCN(C)Cc3cc(-c4cccc(OC)c4OC)no3)CC2)cc1. The van der Waals surface area contributed by atoms with Crippen LogP contribution in [-0.4, -0.2) is 82.6 Å². The molecule has 0 radical (unpaired) electrons. The summed E-state index contributed by atoms with van der Waals surface area (Å²) in [6.07, 6.45) is 1.11. The van der Waals surface area contributed by atoms with E-state index < -0.39 is 0 Å². The van der Waals surface area contributed by atoms with Gasteiger partial charge in [0.15, 0.2) is 17.3 Å². The number of rotatable bonds is 11. The molecule has 4 rings (SSSR count). The van der Waals surface area contributed by atoms with Gasteiger partial charge in [0.05, 0.1) is 27.9 Å². The van der Waals surface area contributed by atoms with Crippen LogP contribution in [0.1, 0.15) is 12.2 Å². The van der Waals surface area contributed by atoms with Gasteiger partial charge in [-0.1, -0.05) is 11.2 Å². The maximum atomic E-state index is 5.62. The normalized spacial score (nSPS) is 14.4. The Morgan fingerprint density at radius 2 is 1.71 bits per heavy atom. The molecule has 1 fully saturated rings. The molecular weight excluding hydrogens is 444 g/mol. The maximum Gasteiger partial charge on any atom is 0.170 e. The minimum atomic E-state index is 0.662. The second-order valence-corrected chi connectivity index (χ2v) is 8.84. The number of hydrogen-bond donors (Lipinski definition) is 0. The van der Waals surface area contributed by atoms with E-state index >= 15 is 0 Å². The lowest BCUT2D eigenvalue weighted by atomic mass is 10.1. The fourth-order valence-corrected chi connectivity index (χ4v) is 4.54. The Balaban J connectivity index is 1.21.